The summed E-state index contributed by atoms with van der Waals surface area (Å²) in [6.45, 7) is 10.1. The molecule has 0 saturated carbocycles. The maximum absolute atomic E-state index is 13.5. The van der Waals surface area contributed by atoms with Gasteiger partial charge in [0.1, 0.15) is 11.5 Å². The number of nitrogens with zero attached hydrogens (tertiary/aromatic N) is 1. The number of hydrogen-bond acceptors (Lipinski definition) is 6. The van der Waals surface area contributed by atoms with Gasteiger partial charge in [-0.3, -0.25) is 14.5 Å². The SMILES string of the molecule is Cc1cccc(C2/C(=C(\O)c3ccc(OCC(C)C)cc3)C(=O)C(=O)N2c2cccc(C(=O)OC(C)C)c2)c1. The van der Waals surface area contributed by atoms with Crippen molar-refractivity contribution in [2.75, 3.05) is 11.5 Å². The molecule has 1 aliphatic rings. The van der Waals surface area contributed by atoms with Gasteiger partial charge in [-0.25, -0.2) is 4.79 Å². The Labute approximate surface area is 228 Å². The van der Waals surface area contributed by atoms with Crippen LogP contribution in [0.25, 0.3) is 5.76 Å². The average molecular weight is 528 g/mol. The lowest BCUT2D eigenvalue weighted by Gasteiger charge is -2.26. The summed E-state index contributed by atoms with van der Waals surface area (Å²) < 4.78 is 11.1. The van der Waals surface area contributed by atoms with E-state index < -0.39 is 23.7 Å². The molecule has 1 heterocycles. The number of anilines is 1. The molecule has 0 aromatic heterocycles. The van der Waals surface area contributed by atoms with Crippen LogP contribution in [0.2, 0.25) is 0 Å². The van der Waals surface area contributed by atoms with Gasteiger partial charge in [-0.05, 0) is 74.7 Å². The largest absolute Gasteiger partial charge is 0.507 e. The van der Waals surface area contributed by atoms with Gasteiger partial charge in [0.15, 0.2) is 0 Å². The van der Waals surface area contributed by atoms with E-state index in [-0.39, 0.29) is 23.0 Å². The second kappa shape index (κ2) is 11.6. The molecule has 39 heavy (non-hydrogen) atoms. The first-order valence-electron chi connectivity index (χ1n) is 13.0. The van der Waals surface area contributed by atoms with Gasteiger partial charge in [0.05, 0.1) is 29.9 Å². The van der Waals surface area contributed by atoms with Gasteiger partial charge in [0, 0.05) is 11.3 Å². The zero-order chi connectivity index (χ0) is 28.3. The highest BCUT2D eigenvalue weighted by Crippen LogP contribution is 2.42. The predicted molar refractivity (Wildman–Crippen MR) is 150 cm³/mol. The summed E-state index contributed by atoms with van der Waals surface area (Å²) >= 11 is 0. The molecule has 1 saturated heterocycles. The summed E-state index contributed by atoms with van der Waals surface area (Å²) in [6.07, 6.45) is -0.315. The lowest BCUT2D eigenvalue weighted by atomic mass is 9.94. The van der Waals surface area contributed by atoms with E-state index in [0.717, 1.165) is 5.56 Å². The number of aliphatic hydroxyl groups excluding tert-OH is 1. The fraction of sp³-hybridized carbons (Fsp3) is 0.281. The highest BCUT2D eigenvalue weighted by atomic mass is 16.5. The highest BCUT2D eigenvalue weighted by Gasteiger charge is 2.47. The van der Waals surface area contributed by atoms with Gasteiger partial charge in [0.2, 0.25) is 0 Å². The van der Waals surface area contributed by atoms with Crippen LogP contribution in [0.4, 0.5) is 5.69 Å². The predicted octanol–water partition coefficient (Wildman–Crippen LogP) is 6.22. The Bertz CT molecular complexity index is 1420. The zero-order valence-corrected chi connectivity index (χ0v) is 22.8. The van der Waals surface area contributed by atoms with Crippen LogP contribution in [0.5, 0.6) is 5.75 Å². The first kappa shape index (κ1) is 27.6. The molecule has 0 spiro atoms. The Morgan fingerprint density at radius 2 is 1.62 bits per heavy atom. The van der Waals surface area contributed by atoms with Crippen LogP contribution >= 0.6 is 0 Å². The van der Waals surface area contributed by atoms with E-state index in [1.165, 1.54) is 11.0 Å². The van der Waals surface area contributed by atoms with E-state index >= 15 is 0 Å². The fourth-order valence-corrected chi connectivity index (χ4v) is 4.45. The number of amides is 1. The number of ether oxygens (including phenoxy) is 2. The quantitative estimate of drug-likeness (QED) is 0.162. The van der Waals surface area contributed by atoms with Gasteiger partial charge >= 0.3 is 5.97 Å². The molecule has 1 N–H and O–H groups in total. The molecule has 3 aromatic rings. The molecule has 1 fully saturated rings. The average Bonchev–Trinajstić information content (AvgIpc) is 3.17. The number of Topliss-reactive ketones (excluding diaryl/α,β-unsaturated/α-hetero) is 1. The third kappa shape index (κ3) is 6.03. The maximum atomic E-state index is 13.5. The summed E-state index contributed by atoms with van der Waals surface area (Å²) in [5.41, 5.74) is 2.54. The summed E-state index contributed by atoms with van der Waals surface area (Å²) in [5, 5.41) is 11.4. The Hall–Kier alpha value is -4.39. The molecule has 1 atom stereocenters. The lowest BCUT2D eigenvalue weighted by Crippen LogP contribution is -2.29. The Kier molecular flexibility index (Phi) is 8.19. The van der Waals surface area contributed by atoms with Crippen LogP contribution in [-0.4, -0.2) is 35.5 Å². The fourth-order valence-electron chi connectivity index (χ4n) is 4.45. The minimum absolute atomic E-state index is 0.0309. The van der Waals surface area contributed by atoms with Crippen LogP contribution in [0, 0.1) is 12.8 Å². The smallest absolute Gasteiger partial charge is 0.338 e. The molecule has 0 aliphatic carbocycles. The Balaban J connectivity index is 1.81. The van der Waals surface area contributed by atoms with Crippen LogP contribution in [-0.2, 0) is 14.3 Å². The van der Waals surface area contributed by atoms with Crippen molar-refractivity contribution < 1.29 is 29.0 Å². The maximum Gasteiger partial charge on any atom is 0.338 e. The second-order valence-electron chi connectivity index (χ2n) is 10.3. The van der Waals surface area contributed by atoms with Crippen molar-refractivity contribution in [3.8, 4) is 5.75 Å². The van der Waals surface area contributed by atoms with Crippen LogP contribution < -0.4 is 9.64 Å². The van der Waals surface area contributed by atoms with Crippen molar-refractivity contribution in [1.82, 2.24) is 0 Å². The number of rotatable bonds is 8. The molecular weight excluding hydrogens is 494 g/mol. The third-order valence-electron chi connectivity index (χ3n) is 6.22. The van der Waals surface area contributed by atoms with E-state index in [9.17, 15) is 19.5 Å². The molecule has 1 amide bonds. The van der Waals surface area contributed by atoms with Gasteiger partial charge in [0.25, 0.3) is 11.7 Å². The Morgan fingerprint density at radius 3 is 2.26 bits per heavy atom. The summed E-state index contributed by atoms with van der Waals surface area (Å²) in [4.78, 5) is 40.8. The number of esters is 1. The minimum atomic E-state index is -0.905. The van der Waals surface area contributed by atoms with E-state index in [1.54, 1.807) is 56.3 Å². The van der Waals surface area contributed by atoms with Crippen LogP contribution in [0.15, 0.2) is 78.4 Å². The molecular formula is C32H33NO6. The molecule has 7 nitrogen and oxygen atoms in total. The van der Waals surface area contributed by atoms with Crippen molar-refractivity contribution in [2.45, 2.75) is 46.8 Å². The Morgan fingerprint density at radius 1 is 0.923 bits per heavy atom. The highest BCUT2D eigenvalue weighted by molar-refractivity contribution is 6.51. The van der Waals surface area contributed by atoms with Crippen molar-refractivity contribution in [3.05, 3.63) is 101 Å². The van der Waals surface area contributed by atoms with Crippen molar-refractivity contribution in [3.63, 3.8) is 0 Å². The zero-order valence-electron chi connectivity index (χ0n) is 22.8. The topological polar surface area (TPSA) is 93.1 Å². The number of carbonyl (C=O) groups excluding carboxylic acids is 3. The van der Waals surface area contributed by atoms with Gasteiger partial charge in [-0.15, -0.1) is 0 Å². The summed E-state index contributed by atoms with van der Waals surface area (Å²) in [5.74, 6) is -1.43. The molecule has 4 rings (SSSR count). The molecule has 1 unspecified atom stereocenters. The molecule has 7 heteroatoms. The van der Waals surface area contributed by atoms with E-state index in [4.69, 9.17) is 9.47 Å². The van der Waals surface area contributed by atoms with Crippen LogP contribution in [0.3, 0.4) is 0 Å². The molecule has 1 aliphatic heterocycles. The van der Waals surface area contributed by atoms with Crippen molar-refractivity contribution in [2.24, 2.45) is 5.92 Å². The number of benzene rings is 3. The van der Waals surface area contributed by atoms with Crippen molar-refractivity contribution in [1.29, 1.82) is 0 Å². The molecule has 0 radical (unpaired) electrons. The van der Waals surface area contributed by atoms with E-state index in [1.807, 2.05) is 45.0 Å². The van der Waals surface area contributed by atoms with Crippen molar-refractivity contribution >= 4 is 29.1 Å². The first-order chi connectivity index (χ1) is 18.6. The monoisotopic (exact) mass is 527 g/mol. The molecule has 0 bridgehead atoms. The standard InChI is InChI=1S/C32H33NO6/c1-19(2)18-38-26-14-12-22(13-15-26)29(34)27-28(23-9-6-8-21(5)16-23)33(31(36)30(27)35)25-11-7-10-24(17-25)32(37)39-20(3)4/h6-17,19-20,28,34H,18H2,1-5H3/b29-27+. The second-order valence-corrected chi connectivity index (χ2v) is 10.3. The summed E-state index contributed by atoms with van der Waals surface area (Å²) in [6, 6.07) is 19.7. The van der Waals surface area contributed by atoms with Crippen LogP contribution in [0.1, 0.15) is 60.8 Å². The van der Waals surface area contributed by atoms with E-state index in [2.05, 4.69) is 0 Å². The number of ketones is 1. The molecule has 202 valence electrons. The van der Waals surface area contributed by atoms with Gasteiger partial charge in [-0.1, -0.05) is 49.7 Å². The first-order valence-corrected chi connectivity index (χ1v) is 13.0. The minimum Gasteiger partial charge on any atom is -0.507 e. The summed E-state index contributed by atoms with van der Waals surface area (Å²) in [7, 11) is 0. The van der Waals surface area contributed by atoms with Gasteiger partial charge < -0.3 is 14.6 Å². The number of aryl methyl sites for hydroxylation is 1. The number of hydrogen-bond donors (Lipinski definition) is 1. The normalized spacial score (nSPS) is 16.7. The molecule has 3 aromatic carbocycles. The van der Waals surface area contributed by atoms with E-state index in [0.29, 0.717) is 35.1 Å². The number of carbonyl (C=O) groups is 3. The lowest BCUT2D eigenvalue weighted by molar-refractivity contribution is -0.132. The van der Waals surface area contributed by atoms with Gasteiger partial charge in [-0.2, -0.15) is 0 Å². The third-order valence-corrected chi connectivity index (χ3v) is 6.22. The number of aliphatic hydroxyl groups is 1.